The minimum atomic E-state index is 0.348. The molecule has 0 fully saturated rings. The van der Waals surface area contributed by atoms with Gasteiger partial charge in [0, 0.05) is 43.2 Å². The number of aromatic nitrogens is 1. The largest absolute Gasteiger partial charge is 0.508 e. The smallest absolute Gasteiger partial charge is 0.117 e. The van der Waals surface area contributed by atoms with Crippen LogP contribution in [0.5, 0.6) is 5.75 Å². The zero-order chi connectivity index (χ0) is 10.3. The van der Waals surface area contributed by atoms with Crippen LogP contribution in [-0.2, 0) is 13.0 Å². The molecular formula is C12H14N2O. The van der Waals surface area contributed by atoms with Crippen LogP contribution in [0.4, 0.5) is 0 Å². The van der Waals surface area contributed by atoms with Gasteiger partial charge in [-0.05, 0) is 18.2 Å². The second kappa shape index (κ2) is 3.28. The van der Waals surface area contributed by atoms with Gasteiger partial charge in [0.1, 0.15) is 5.75 Å². The third-order valence-corrected chi connectivity index (χ3v) is 3.04. The first-order valence-corrected chi connectivity index (χ1v) is 5.36. The molecule has 0 amide bonds. The normalized spacial score (nSPS) is 16.3. The molecule has 0 saturated heterocycles. The maximum Gasteiger partial charge on any atom is 0.117 e. The van der Waals surface area contributed by atoms with Crippen LogP contribution in [0.15, 0.2) is 24.3 Å². The van der Waals surface area contributed by atoms with Crippen LogP contribution in [0, 0.1) is 0 Å². The average Bonchev–Trinajstić information content (AvgIpc) is 2.44. The van der Waals surface area contributed by atoms with E-state index in [1.54, 1.807) is 6.07 Å². The average molecular weight is 202 g/mol. The molecule has 0 bridgehead atoms. The lowest BCUT2D eigenvalue weighted by atomic mass is 10.2. The standard InChI is InChI=1S/C12H14N2O/c15-11-2-1-9-7-10-3-4-13-5-6-14(10)12(9)8-11/h1-2,7-8,13,15H,3-6H2. The van der Waals surface area contributed by atoms with Crippen molar-refractivity contribution in [2.24, 2.45) is 0 Å². The lowest BCUT2D eigenvalue weighted by molar-refractivity contribution is 0.476. The molecule has 3 nitrogen and oxygen atoms in total. The lowest BCUT2D eigenvalue weighted by Gasteiger charge is -2.05. The van der Waals surface area contributed by atoms with E-state index in [0.717, 1.165) is 31.6 Å². The monoisotopic (exact) mass is 202 g/mol. The molecule has 0 atom stereocenters. The summed E-state index contributed by atoms with van der Waals surface area (Å²) < 4.78 is 2.30. The molecule has 1 aromatic heterocycles. The molecule has 1 aliphatic heterocycles. The van der Waals surface area contributed by atoms with Crippen LogP contribution in [0.2, 0.25) is 0 Å². The lowest BCUT2D eigenvalue weighted by Crippen LogP contribution is -2.17. The van der Waals surface area contributed by atoms with E-state index in [9.17, 15) is 5.11 Å². The Labute approximate surface area is 88.3 Å². The summed E-state index contributed by atoms with van der Waals surface area (Å²) >= 11 is 0. The topological polar surface area (TPSA) is 37.2 Å². The highest BCUT2D eigenvalue weighted by Crippen LogP contribution is 2.24. The molecule has 0 saturated carbocycles. The Morgan fingerprint density at radius 3 is 3.07 bits per heavy atom. The number of phenolic OH excluding ortho intramolecular Hbond substituents is 1. The molecule has 3 heteroatoms. The van der Waals surface area contributed by atoms with E-state index in [-0.39, 0.29) is 0 Å². The fourth-order valence-electron chi connectivity index (χ4n) is 2.30. The Morgan fingerprint density at radius 2 is 2.13 bits per heavy atom. The predicted molar refractivity (Wildman–Crippen MR) is 60.2 cm³/mol. The molecule has 0 aliphatic carbocycles. The molecule has 1 aromatic carbocycles. The van der Waals surface area contributed by atoms with Gasteiger partial charge >= 0.3 is 0 Å². The minimum absolute atomic E-state index is 0.348. The third kappa shape index (κ3) is 1.39. The Hall–Kier alpha value is -1.48. The van der Waals surface area contributed by atoms with Gasteiger partial charge in [0.25, 0.3) is 0 Å². The van der Waals surface area contributed by atoms with E-state index in [2.05, 4.69) is 16.0 Å². The zero-order valence-corrected chi connectivity index (χ0v) is 8.53. The van der Waals surface area contributed by atoms with E-state index in [1.807, 2.05) is 12.1 Å². The molecule has 0 radical (unpaired) electrons. The van der Waals surface area contributed by atoms with Crippen LogP contribution in [0.25, 0.3) is 10.9 Å². The van der Waals surface area contributed by atoms with Gasteiger partial charge in [0.05, 0.1) is 5.52 Å². The first-order chi connectivity index (χ1) is 7.34. The summed E-state index contributed by atoms with van der Waals surface area (Å²) in [6.07, 6.45) is 1.06. The summed E-state index contributed by atoms with van der Waals surface area (Å²) in [4.78, 5) is 0. The van der Waals surface area contributed by atoms with E-state index >= 15 is 0 Å². The fourth-order valence-corrected chi connectivity index (χ4v) is 2.30. The highest BCUT2D eigenvalue weighted by molar-refractivity contribution is 5.82. The van der Waals surface area contributed by atoms with Gasteiger partial charge in [-0.25, -0.2) is 0 Å². The predicted octanol–water partition coefficient (Wildman–Crippen LogP) is 1.49. The van der Waals surface area contributed by atoms with Crippen LogP contribution in [0.1, 0.15) is 5.69 Å². The number of hydrogen-bond acceptors (Lipinski definition) is 2. The van der Waals surface area contributed by atoms with Gasteiger partial charge in [0.15, 0.2) is 0 Å². The SMILES string of the molecule is Oc1ccc2cc3n(c2c1)CCNCC3. The summed E-state index contributed by atoms with van der Waals surface area (Å²) in [6, 6.07) is 7.81. The van der Waals surface area contributed by atoms with E-state index < -0.39 is 0 Å². The second-order valence-electron chi connectivity index (χ2n) is 4.03. The highest BCUT2D eigenvalue weighted by atomic mass is 16.3. The Balaban J connectivity index is 2.24. The third-order valence-electron chi connectivity index (χ3n) is 3.04. The molecule has 0 spiro atoms. The van der Waals surface area contributed by atoms with E-state index in [0.29, 0.717) is 5.75 Å². The quantitative estimate of drug-likeness (QED) is 0.679. The Morgan fingerprint density at radius 1 is 1.20 bits per heavy atom. The van der Waals surface area contributed by atoms with Crippen molar-refractivity contribution in [3.05, 3.63) is 30.0 Å². The molecule has 2 N–H and O–H groups in total. The van der Waals surface area contributed by atoms with Crippen molar-refractivity contribution in [1.82, 2.24) is 9.88 Å². The van der Waals surface area contributed by atoms with Crippen LogP contribution in [-0.4, -0.2) is 22.8 Å². The number of phenols is 1. The Kier molecular flexibility index (Phi) is 1.92. The summed E-state index contributed by atoms with van der Waals surface area (Å²) in [5.41, 5.74) is 2.51. The highest BCUT2D eigenvalue weighted by Gasteiger charge is 2.11. The number of benzene rings is 1. The van der Waals surface area contributed by atoms with Gasteiger partial charge in [-0.3, -0.25) is 0 Å². The summed E-state index contributed by atoms with van der Waals surface area (Å²) in [5, 5.41) is 14.1. The first kappa shape index (κ1) is 8.80. The van der Waals surface area contributed by atoms with Gasteiger partial charge in [0.2, 0.25) is 0 Å². The summed E-state index contributed by atoms with van der Waals surface area (Å²) in [6.45, 7) is 3.04. The van der Waals surface area contributed by atoms with Gasteiger partial charge in [-0.15, -0.1) is 0 Å². The van der Waals surface area contributed by atoms with Crippen LogP contribution >= 0.6 is 0 Å². The summed E-state index contributed by atoms with van der Waals surface area (Å²) in [7, 11) is 0. The van der Waals surface area contributed by atoms with Crippen molar-refractivity contribution >= 4 is 10.9 Å². The van der Waals surface area contributed by atoms with Gasteiger partial charge in [-0.2, -0.15) is 0 Å². The molecular weight excluding hydrogens is 188 g/mol. The van der Waals surface area contributed by atoms with Gasteiger partial charge in [-0.1, -0.05) is 0 Å². The number of fused-ring (bicyclic) bond motifs is 3. The molecule has 2 heterocycles. The van der Waals surface area contributed by atoms with Gasteiger partial charge < -0.3 is 15.0 Å². The van der Waals surface area contributed by atoms with Crippen molar-refractivity contribution in [3.8, 4) is 5.75 Å². The minimum Gasteiger partial charge on any atom is -0.508 e. The molecule has 15 heavy (non-hydrogen) atoms. The first-order valence-electron chi connectivity index (χ1n) is 5.36. The van der Waals surface area contributed by atoms with Crippen molar-refractivity contribution in [1.29, 1.82) is 0 Å². The Bertz CT molecular complexity index is 502. The van der Waals surface area contributed by atoms with Crippen LogP contribution in [0.3, 0.4) is 0 Å². The van der Waals surface area contributed by atoms with E-state index in [1.165, 1.54) is 11.1 Å². The number of nitrogens with one attached hydrogen (secondary N) is 1. The zero-order valence-electron chi connectivity index (χ0n) is 8.53. The van der Waals surface area contributed by atoms with E-state index in [4.69, 9.17) is 0 Å². The maximum atomic E-state index is 9.49. The van der Waals surface area contributed by atoms with Crippen molar-refractivity contribution < 1.29 is 5.11 Å². The molecule has 2 aromatic rings. The number of nitrogens with zero attached hydrogens (tertiary/aromatic N) is 1. The molecule has 1 aliphatic rings. The second-order valence-corrected chi connectivity index (χ2v) is 4.03. The summed E-state index contributed by atoms with van der Waals surface area (Å²) in [5.74, 6) is 0.348. The number of hydrogen-bond donors (Lipinski definition) is 2. The fraction of sp³-hybridized carbons (Fsp3) is 0.333. The maximum absolute atomic E-state index is 9.49. The van der Waals surface area contributed by atoms with Crippen LogP contribution < -0.4 is 5.32 Å². The van der Waals surface area contributed by atoms with Crippen molar-refractivity contribution in [2.45, 2.75) is 13.0 Å². The molecule has 3 rings (SSSR count). The number of rotatable bonds is 0. The van der Waals surface area contributed by atoms with Crippen molar-refractivity contribution in [2.75, 3.05) is 13.1 Å². The number of aromatic hydroxyl groups is 1. The molecule has 0 unspecified atom stereocenters. The molecule has 78 valence electrons. The van der Waals surface area contributed by atoms with Crippen molar-refractivity contribution in [3.63, 3.8) is 0 Å².